The molecule has 1 aromatic rings. The van der Waals surface area contributed by atoms with Gasteiger partial charge in [-0.2, -0.15) is 0 Å². The van der Waals surface area contributed by atoms with E-state index in [2.05, 4.69) is 5.32 Å². The molecule has 2 N–H and O–H groups in total. The lowest BCUT2D eigenvalue weighted by Gasteiger charge is -2.27. The molecule has 1 aliphatic rings. The maximum Gasteiger partial charge on any atom is 0.138 e. The summed E-state index contributed by atoms with van der Waals surface area (Å²) in [5.74, 6) is 0.0368. The molecule has 1 atom stereocenters. The van der Waals surface area contributed by atoms with Crippen LogP contribution in [0.15, 0.2) is 24.3 Å². The first-order valence-electron chi connectivity index (χ1n) is 7.23. The summed E-state index contributed by atoms with van der Waals surface area (Å²) in [5, 5.41) is 13.7. The number of carbonyl (C=O) groups excluding carboxylic acids is 1. The van der Waals surface area contributed by atoms with Gasteiger partial charge in [-0.15, -0.1) is 0 Å². The number of rotatable bonds is 5. The highest BCUT2D eigenvalue weighted by atomic mass is 35.5. The fourth-order valence-corrected chi connectivity index (χ4v) is 2.88. The zero-order chi connectivity index (χ0) is 14.5. The Morgan fingerprint density at radius 1 is 1.30 bits per heavy atom. The van der Waals surface area contributed by atoms with Crippen LogP contribution in [-0.2, 0) is 4.79 Å². The third-order valence-electron chi connectivity index (χ3n) is 4.07. The van der Waals surface area contributed by atoms with Crippen molar-refractivity contribution >= 4 is 17.4 Å². The summed E-state index contributed by atoms with van der Waals surface area (Å²) in [6, 6.07) is 7.89. The lowest BCUT2D eigenvalue weighted by molar-refractivity contribution is -0.118. The molecule has 0 radical (unpaired) electrons. The van der Waals surface area contributed by atoms with Crippen molar-refractivity contribution in [3.05, 3.63) is 34.9 Å². The number of aliphatic hydroxyl groups is 1. The van der Waals surface area contributed by atoms with E-state index in [4.69, 9.17) is 11.6 Å². The minimum atomic E-state index is -0.145. The van der Waals surface area contributed by atoms with Crippen LogP contribution < -0.4 is 5.32 Å². The molecule has 1 aromatic carbocycles. The molecule has 1 aliphatic carbocycles. The second kappa shape index (κ2) is 7.21. The van der Waals surface area contributed by atoms with Gasteiger partial charge in [0.25, 0.3) is 0 Å². The van der Waals surface area contributed by atoms with Gasteiger partial charge in [-0.3, -0.25) is 4.79 Å². The lowest BCUT2D eigenvalue weighted by atomic mass is 9.91. The highest BCUT2D eigenvalue weighted by Gasteiger charge is 2.22. The second-order valence-corrected chi connectivity index (χ2v) is 6.06. The minimum absolute atomic E-state index is 0.126. The second-order valence-electron chi connectivity index (χ2n) is 5.63. The normalized spacial score (nSPS) is 24.4. The highest BCUT2D eigenvalue weighted by molar-refractivity contribution is 6.30. The lowest BCUT2D eigenvalue weighted by Crippen LogP contribution is -2.38. The SMILES string of the molecule is CC(=O)[C@H](CN[C@H]1CC[C@H](O)CC1)c1ccc(Cl)cc1. The standard InChI is InChI=1S/C16H22ClNO2/c1-11(19)16(12-2-4-13(17)5-3-12)10-18-14-6-8-15(20)9-7-14/h2-5,14-16,18,20H,6-10H2,1H3/t14-,15-,16-/m0/s1. The molecular formula is C16H22ClNO2. The van der Waals surface area contributed by atoms with Crippen molar-refractivity contribution < 1.29 is 9.90 Å². The number of hydrogen-bond donors (Lipinski definition) is 2. The van der Waals surface area contributed by atoms with E-state index >= 15 is 0 Å². The third-order valence-corrected chi connectivity index (χ3v) is 4.32. The molecule has 0 aliphatic heterocycles. The Morgan fingerprint density at radius 2 is 1.90 bits per heavy atom. The molecule has 4 heteroatoms. The molecule has 0 heterocycles. The quantitative estimate of drug-likeness (QED) is 0.878. The first-order chi connectivity index (χ1) is 9.56. The van der Waals surface area contributed by atoms with Gasteiger partial charge in [-0.25, -0.2) is 0 Å². The van der Waals surface area contributed by atoms with Gasteiger partial charge in [0.15, 0.2) is 0 Å². The molecule has 0 aromatic heterocycles. The van der Waals surface area contributed by atoms with Gasteiger partial charge in [0.2, 0.25) is 0 Å². The average Bonchev–Trinajstić information content (AvgIpc) is 2.43. The van der Waals surface area contributed by atoms with Crippen molar-refractivity contribution in [3.8, 4) is 0 Å². The minimum Gasteiger partial charge on any atom is -0.393 e. The van der Waals surface area contributed by atoms with Crippen LogP contribution in [0, 0.1) is 0 Å². The molecule has 1 fully saturated rings. The number of benzene rings is 1. The summed E-state index contributed by atoms with van der Waals surface area (Å²) >= 11 is 5.88. The first-order valence-corrected chi connectivity index (χ1v) is 7.61. The van der Waals surface area contributed by atoms with Crippen LogP contribution in [0.3, 0.4) is 0 Å². The fourth-order valence-electron chi connectivity index (χ4n) is 2.76. The molecule has 0 bridgehead atoms. The van der Waals surface area contributed by atoms with Crippen LogP contribution in [0.5, 0.6) is 0 Å². The monoisotopic (exact) mass is 295 g/mol. The van der Waals surface area contributed by atoms with Crippen molar-refractivity contribution in [3.63, 3.8) is 0 Å². The van der Waals surface area contributed by atoms with E-state index in [-0.39, 0.29) is 17.8 Å². The Balaban J connectivity index is 1.93. The summed E-state index contributed by atoms with van der Waals surface area (Å²) in [6.07, 6.45) is 3.51. The smallest absolute Gasteiger partial charge is 0.138 e. The molecule has 20 heavy (non-hydrogen) atoms. The van der Waals surface area contributed by atoms with Gasteiger partial charge in [-0.1, -0.05) is 23.7 Å². The first kappa shape index (κ1) is 15.5. The molecule has 0 spiro atoms. The van der Waals surface area contributed by atoms with E-state index in [1.165, 1.54) is 0 Å². The summed E-state index contributed by atoms with van der Waals surface area (Å²) in [4.78, 5) is 11.8. The van der Waals surface area contributed by atoms with Crippen LogP contribution in [0.2, 0.25) is 5.02 Å². The number of ketones is 1. The van der Waals surface area contributed by atoms with E-state index in [0.29, 0.717) is 17.6 Å². The van der Waals surface area contributed by atoms with Crippen LogP contribution in [0.1, 0.15) is 44.1 Å². The third kappa shape index (κ3) is 4.30. The maximum absolute atomic E-state index is 11.8. The van der Waals surface area contributed by atoms with Crippen molar-refractivity contribution in [2.75, 3.05) is 6.54 Å². The summed E-state index contributed by atoms with van der Waals surface area (Å²) in [5.41, 5.74) is 1.00. The zero-order valence-electron chi connectivity index (χ0n) is 11.8. The number of hydrogen-bond acceptors (Lipinski definition) is 3. The maximum atomic E-state index is 11.8. The summed E-state index contributed by atoms with van der Waals surface area (Å²) in [6.45, 7) is 2.28. The highest BCUT2D eigenvalue weighted by Crippen LogP contribution is 2.22. The van der Waals surface area contributed by atoms with Crippen LogP contribution in [-0.4, -0.2) is 29.6 Å². The Kier molecular flexibility index (Phi) is 5.58. The molecule has 1 saturated carbocycles. The van der Waals surface area contributed by atoms with Gasteiger partial charge in [-0.05, 0) is 50.3 Å². The van der Waals surface area contributed by atoms with Gasteiger partial charge >= 0.3 is 0 Å². The Hall–Kier alpha value is -0.900. The average molecular weight is 296 g/mol. The zero-order valence-corrected chi connectivity index (χ0v) is 12.6. The number of halogens is 1. The largest absolute Gasteiger partial charge is 0.393 e. The number of aliphatic hydroxyl groups excluding tert-OH is 1. The van der Waals surface area contributed by atoms with Crippen molar-refractivity contribution in [1.82, 2.24) is 5.32 Å². The molecule has 2 rings (SSSR count). The van der Waals surface area contributed by atoms with Crippen molar-refractivity contribution in [2.45, 2.75) is 50.7 Å². The van der Waals surface area contributed by atoms with E-state index in [1.54, 1.807) is 6.92 Å². The Morgan fingerprint density at radius 3 is 2.45 bits per heavy atom. The van der Waals surface area contributed by atoms with Crippen molar-refractivity contribution in [2.24, 2.45) is 0 Å². The van der Waals surface area contributed by atoms with E-state index in [0.717, 1.165) is 31.2 Å². The molecular weight excluding hydrogens is 274 g/mol. The summed E-state index contributed by atoms with van der Waals surface area (Å²) < 4.78 is 0. The van der Waals surface area contributed by atoms with E-state index in [1.807, 2.05) is 24.3 Å². The van der Waals surface area contributed by atoms with Crippen LogP contribution >= 0.6 is 11.6 Å². The Labute approximate surface area is 125 Å². The fraction of sp³-hybridized carbons (Fsp3) is 0.562. The Bertz CT molecular complexity index is 438. The van der Waals surface area contributed by atoms with Crippen LogP contribution in [0.25, 0.3) is 0 Å². The van der Waals surface area contributed by atoms with Gasteiger partial charge in [0, 0.05) is 17.6 Å². The van der Waals surface area contributed by atoms with Gasteiger partial charge in [0.05, 0.1) is 12.0 Å². The molecule has 110 valence electrons. The van der Waals surface area contributed by atoms with Gasteiger partial charge in [0.1, 0.15) is 5.78 Å². The van der Waals surface area contributed by atoms with E-state index in [9.17, 15) is 9.90 Å². The molecule has 0 amide bonds. The molecule has 0 saturated heterocycles. The predicted octanol–water partition coefficient (Wildman–Crippen LogP) is 2.91. The number of carbonyl (C=O) groups is 1. The van der Waals surface area contributed by atoms with E-state index < -0.39 is 0 Å². The molecule has 3 nitrogen and oxygen atoms in total. The topological polar surface area (TPSA) is 49.3 Å². The summed E-state index contributed by atoms with van der Waals surface area (Å²) in [7, 11) is 0. The van der Waals surface area contributed by atoms with Crippen LogP contribution in [0.4, 0.5) is 0 Å². The number of Topliss-reactive ketones (excluding diaryl/α,β-unsaturated/α-hetero) is 1. The van der Waals surface area contributed by atoms with Crippen molar-refractivity contribution in [1.29, 1.82) is 0 Å². The molecule has 0 unspecified atom stereocenters. The number of nitrogens with one attached hydrogen (secondary N) is 1. The predicted molar refractivity (Wildman–Crippen MR) is 81.1 cm³/mol. The van der Waals surface area contributed by atoms with Gasteiger partial charge < -0.3 is 10.4 Å².